The Morgan fingerprint density at radius 3 is 2.57 bits per heavy atom. The Hall–Kier alpha value is -1.88. The predicted octanol–water partition coefficient (Wildman–Crippen LogP) is 4.79. The molecule has 0 fully saturated rings. The van der Waals surface area contributed by atoms with Crippen LogP contribution in [0.4, 0.5) is 11.4 Å². The zero-order chi connectivity index (χ0) is 15.2. The first kappa shape index (κ1) is 15.5. The second-order valence-electron chi connectivity index (χ2n) is 4.99. The van der Waals surface area contributed by atoms with E-state index < -0.39 is 4.92 Å². The number of hydrogen-bond acceptors (Lipinski definition) is 3. The minimum absolute atomic E-state index is 0.0874. The molecule has 21 heavy (non-hydrogen) atoms. The smallest absolute Gasteiger partial charge is 0.270 e. The van der Waals surface area contributed by atoms with Crippen LogP contribution in [0.2, 0.25) is 0 Å². The van der Waals surface area contributed by atoms with Crippen molar-refractivity contribution in [2.75, 3.05) is 5.32 Å². The SMILES string of the molecule is CC(CCc1ccccc1)Nc1ccc([N+](=O)[O-])cc1Br. The summed E-state index contributed by atoms with van der Waals surface area (Å²) in [6.07, 6.45) is 1.99. The first-order valence-corrected chi connectivity index (χ1v) is 7.60. The quantitative estimate of drug-likeness (QED) is 0.603. The third-order valence-electron chi connectivity index (χ3n) is 3.27. The van der Waals surface area contributed by atoms with Gasteiger partial charge in [-0.05, 0) is 47.3 Å². The summed E-state index contributed by atoms with van der Waals surface area (Å²) in [7, 11) is 0. The van der Waals surface area contributed by atoms with Gasteiger partial charge in [-0.3, -0.25) is 10.1 Å². The minimum Gasteiger partial charge on any atom is -0.382 e. The first-order chi connectivity index (χ1) is 10.1. The maximum Gasteiger partial charge on any atom is 0.270 e. The Morgan fingerprint density at radius 1 is 1.24 bits per heavy atom. The number of halogens is 1. The predicted molar refractivity (Wildman–Crippen MR) is 88.6 cm³/mol. The molecule has 0 aliphatic carbocycles. The lowest BCUT2D eigenvalue weighted by molar-refractivity contribution is -0.384. The Labute approximate surface area is 132 Å². The molecule has 4 nitrogen and oxygen atoms in total. The molecule has 0 amide bonds. The maximum absolute atomic E-state index is 10.7. The molecule has 0 aliphatic rings. The van der Waals surface area contributed by atoms with Crippen molar-refractivity contribution in [1.82, 2.24) is 0 Å². The Kier molecular flexibility index (Phi) is 5.33. The number of anilines is 1. The molecule has 0 saturated carbocycles. The number of rotatable bonds is 6. The number of nitro groups is 1. The van der Waals surface area contributed by atoms with E-state index in [2.05, 4.69) is 40.3 Å². The molecule has 5 heteroatoms. The van der Waals surface area contributed by atoms with E-state index in [1.165, 1.54) is 17.7 Å². The lowest BCUT2D eigenvalue weighted by Crippen LogP contribution is -2.16. The van der Waals surface area contributed by atoms with Gasteiger partial charge in [-0.2, -0.15) is 0 Å². The number of benzene rings is 2. The highest BCUT2D eigenvalue weighted by atomic mass is 79.9. The monoisotopic (exact) mass is 348 g/mol. The van der Waals surface area contributed by atoms with Crippen molar-refractivity contribution in [3.63, 3.8) is 0 Å². The fourth-order valence-electron chi connectivity index (χ4n) is 2.10. The number of non-ortho nitro benzene ring substituents is 1. The average Bonchev–Trinajstić information content (AvgIpc) is 2.48. The molecule has 0 radical (unpaired) electrons. The second kappa shape index (κ2) is 7.22. The highest BCUT2D eigenvalue weighted by Gasteiger charge is 2.10. The van der Waals surface area contributed by atoms with Gasteiger partial charge in [-0.1, -0.05) is 30.3 Å². The fourth-order valence-corrected chi connectivity index (χ4v) is 2.58. The van der Waals surface area contributed by atoms with Crippen LogP contribution < -0.4 is 5.32 Å². The van der Waals surface area contributed by atoms with Crippen molar-refractivity contribution in [2.45, 2.75) is 25.8 Å². The van der Waals surface area contributed by atoms with Gasteiger partial charge in [-0.15, -0.1) is 0 Å². The third-order valence-corrected chi connectivity index (χ3v) is 3.93. The number of nitrogens with zero attached hydrogens (tertiary/aromatic N) is 1. The summed E-state index contributed by atoms with van der Waals surface area (Å²) in [6.45, 7) is 2.11. The van der Waals surface area contributed by atoms with Gasteiger partial charge in [0.15, 0.2) is 0 Å². The highest BCUT2D eigenvalue weighted by molar-refractivity contribution is 9.10. The van der Waals surface area contributed by atoms with E-state index in [0.29, 0.717) is 4.47 Å². The Balaban J connectivity index is 1.93. The van der Waals surface area contributed by atoms with E-state index in [1.54, 1.807) is 6.07 Å². The third kappa shape index (κ3) is 4.56. The highest BCUT2D eigenvalue weighted by Crippen LogP contribution is 2.28. The summed E-state index contributed by atoms with van der Waals surface area (Å²) in [5.74, 6) is 0. The van der Waals surface area contributed by atoms with Crippen LogP contribution in [0.15, 0.2) is 53.0 Å². The van der Waals surface area contributed by atoms with Gasteiger partial charge in [0.2, 0.25) is 0 Å². The maximum atomic E-state index is 10.7. The minimum atomic E-state index is -0.395. The van der Waals surface area contributed by atoms with Crippen LogP contribution in [-0.4, -0.2) is 11.0 Å². The molecule has 2 aromatic carbocycles. The van der Waals surface area contributed by atoms with Crippen molar-refractivity contribution >= 4 is 27.3 Å². The van der Waals surface area contributed by atoms with Crippen LogP contribution in [0.3, 0.4) is 0 Å². The second-order valence-corrected chi connectivity index (χ2v) is 5.85. The van der Waals surface area contributed by atoms with E-state index in [4.69, 9.17) is 0 Å². The van der Waals surface area contributed by atoms with Crippen molar-refractivity contribution in [2.24, 2.45) is 0 Å². The zero-order valence-electron chi connectivity index (χ0n) is 11.8. The van der Waals surface area contributed by atoms with Crippen LogP contribution in [0.5, 0.6) is 0 Å². The van der Waals surface area contributed by atoms with E-state index >= 15 is 0 Å². The van der Waals surface area contributed by atoms with Crippen molar-refractivity contribution in [3.8, 4) is 0 Å². The van der Waals surface area contributed by atoms with Gasteiger partial charge in [0.25, 0.3) is 5.69 Å². The molecule has 0 heterocycles. The largest absolute Gasteiger partial charge is 0.382 e. The number of nitrogens with one attached hydrogen (secondary N) is 1. The number of hydrogen-bond donors (Lipinski definition) is 1. The standard InChI is InChI=1S/C16H17BrN2O2/c1-12(7-8-13-5-3-2-4-6-13)18-16-10-9-14(19(20)21)11-15(16)17/h2-6,9-12,18H,7-8H2,1H3. The molecule has 1 atom stereocenters. The molecule has 0 aromatic heterocycles. The summed E-state index contributed by atoms with van der Waals surface area (Å²) in [4.78, 5) is 10.3. The van der Waals surface area contributed by atoms with Gasteiger partial charge in [-0.25, -0.2) is 0 Å². The van der Waals surface area contributed by atoms with Crippen molar-refractivity contribution < 1.29 is 4.92 Å². The van der Waals surface area contributed by atoms with Crippen LogP contribution >= 0.6 is 15.9 Å². The van der Waals surface area contributed by atoms with Gasteiger partial charge in [0.05, 0.1) is 4.92 Å². The molecule has 0 saturated heterocycles. The molecule has 1 unspecified atom stereocenters. The van der Waals surface area contributed by atoms with E-state index in [9.17, 15) is 10.1 Å². The first-order valence-electron chi connectivity index (χ1n) is 6.80. The molecule has 0 aliphatic heterocycles. The van der Waals surface area contributed by atoms with Crippen LogP contribution in [0.1, 0.15) is 18.9 Å². The lowest BCUT2D eigenvalue weighted by Gasteiger charge is -2.16. The molecular formula is C16H17BrN2O2. The molecule has 2 aromatic rings. The summed E-state index contributed by atoms with van der Waals surface area (Å²) in [6, 6.07) is 15.4. The summed E-state index contributed by atoms with van der Waals surface area (Å²) in [5.41, 5.74) is 2.28. The summed E-state index contributed by atoms with van der Waals surface area (Å²) >= 11 is 3.37. The van der Waals surface area contributed by atoms with E-state index in [1.807, 2.05) is 18.2 Å². The fraction of sp³-hybridized carbons (Fsp3) is 0.250. The number of nitro benzene ring substituents is 1. The average molecular weight is 349 g/mol. The van der Waals surface area contributed by atoms with Gasteiger partial charge >= 0.3 is 0 Å². The zero-order valence-corrected chi connectivity index (χ0v) is 13.3. The molecule has 110 valence electrons. The van der Waals surface area contributed by atoms with Gasteiger partial charge in [0.1, 0.15) is 0 Å². The van der Waals surface area contributed by atoms with Gasteiger partial charge in [0, 0.05) is 28.3 Å². The molecule has 2 rings (SSSR count). The van der Waals surface area contributed by atoms with Crippen LogP contribution in [0.25, 0.3) is 0 Å². The van der Waals surface area contributed by atoms with E-state index in [0.717, 1.165) is 18.5 Å². The summed E-state index contributed by atoms with van der Waals surface area (Å²) < 4.78 is 0.711. The molecular weight excluding hydrogens is 332 g/mol. The van der Waals surface area contributed by atoms with Crippen LogP contribution in [0, 0.1) is 10.1 Å². The van der Waals surface area contributed by atoms with Crippen molar-refractivity contribution in [3.05, 3.63) is 68.7 Å². The van der Waals surface area contributed by atoms with Crippen LogP contribution in [-0.2, 0) is 6.42 Å². The topological polar surface area (TPSA) is 55.2 Å². The molecule has 1 N–H and O–H groups in total. The molecule has 0 spiro atoms. The molecule has 0 bridgehead atoms. The lowest BCUT2D eigenvalue weighted by atomic mass is 10.1. The normalized spacial score (nSPS) is 11.9. The van der Waals surface area contributed by atoms with E-state index in [-0.39, 0.29) is 11.7 Å². The number of aryl methyl sites for hydroxylation is 1. The van der Waals surface area contributed by atoms with Gasteiger partial charge < -0.3 is 5.32 Å². The summed E-state index contributed by atoms with van der Waals surface area (Å²) in [5, 5.41) is 14.1. The van der Waals surface area contributed by atoms with Crippen molar-refractivity contribution in [1.29, 1.82) is 0 Å². The Morgan fingerprint density at radius 2 is 1.95 bits per heavy atom. The Bertz CT molecular complexity index is 617.